The molecule has 112 valence electrons. The topological polar surface area (TPSA) is 49.7 Å². The number of benzene rings is 2. The maximum Gasteiger partial charge on any atom is 0.197 e. The molecule has 1 atom stereocenters. The Balaban J connectivity index is 1.94. The molecule has 3 heteroatoms. The molecule has 1 unspecified atom stereocenters. The van der Waals surface area contributed by atoms with Crippen molar-refractivity contribution in [3.63, 3.8) is 0 Å². The number of phenolic OH excluding ortho intramolecular Hbond substituents is 1. The van der Waals surface area contributed by atoms with E-state index in [-0.39, 0.29) is 5.75 Å². The Labute approximate surface area is 125 Å². The molecule has 0 aromatic heterocycles. The molecule has 2 rings (SSSR count). The molecule has 2 aromatic rings. The number of hydrogen-bond donors (Lipinski definition) is 2. The fraction of sp³-hybridized carbons (Fsp3) is 0.333. The van der Waals surface area contributed by atoms with Crippen LogP contribution in [0.4, 0.5) is 0 Å². The number of aliphatic hydroxyl groups is 1. The summed E-state index contributed by atoms with van der Waals surface area (Å²) >= 11 is 0. The van der Waals surface area contributed by atoms with E-state index in [1.165, 1.54) is 0 Å². The van der Waals surface area contributed by atoms with E-state index < -0.39 is 6.29 Å². The van der Waals surface area contributed by atoms with E-state index >= 15 is 0 Å². The minimum atomic E-state index is -0.740. The van der Waals surface area contributed by atoms with Crippen molar-refractivity contribution in [2.24, 2.45) is 0 Å². The predicted molar refractivity (Wildman–Crippen MR) is 84.3 cm³/mol. The summed E-state index contributed by atoms with van der Waals surface area (Å²) in [5, 5.41) is 19.1. The van der Waals surface area contributed by atoms with E-state index in [4.69, 9.17) is 4.74 Å². The van der Waals surface area contributed by atoms with Crippen molar-refractivity contribution >= 4 is 0 Å². The lowest BCUT2D eigenvalue weighted by Crippen LogP contribution is -2.15. The van der Waals surface area contributed by atoms with E-state index in [1.54, 1.807) is 12.1 Å². The number of aliphatic hydroxyl groups excluding tert-OH is 1. The molecule has 2 aromatic carbocycles. The van der Waals surface area contributed by atoms with Crippen LogP contribution in [0.25, 0.3) is 11.1 Å². The molecule has 0 aliphatic carbocycles. The second-order valence-electron chi connectivity index (χ2n) is 5.14. The first kappa shape index (κ1) is 15.4. The third-order valence-corrected chi connectivity index (χ3v) is 3.38. The monoisotopic (exact) mass is 286 g/mol. The summed E-state index contributed by atoms with van der Waals surface area (Å²) < 4.78 is 5.49. The second-order valence-corrected chi connectivity index (χ2v) is 5.14. The summed E-state index contributed by atoms with van der Waals surface area (Å²) in [6, 6.07) is 14.7. The summed E-state index contributed by atoms with van der Waals surface area (Å²) in [4.78, 5) is 0. The molecule has 0 spiro atoms. The van der Waals surface area contributed by atoms with Gasteiger partial charge in [-0.3, -0.25) is 0 Å². The van der Waals surface area contributed by atoms with Gasteiger partial charge in [0.05, 0.1) is 0 Å². The van der Waals surface area contributed by atoms with Crippen LogP contribution >= 0.6 is 0 Å². The summed E-state index contributed by atoms with van der Waals surface area (Å²) in [6.07, 6.45) is 3.14. The number of aromatic hydroxyl groups is 1. The van der Waals surface area contributed by atoms with Gasteiger partial charge in [0.2, 0.25) is 0 Å². The summed E-state index contributed by atoms with van der Waals surface area (Å²) in [7, 11) is 0. The quantitative estimate of drug-likeness (QED) is 0.588. The van der Waals surface area contributed by atoms with Crippen LogP contribution in [-0.2, 0) is 0 Å². The van der Waals surface area contributed by atoms with Crippen molar-refractivity contribution in [1.82, 2.24) is 0 Å². The fourth-order valence-electron chi connectivity index (χ4n) is 2.16. The van der Waals surface area contributed by atoms with Gasteiger partial charge in [-0.25, -0.2) is 0 Å². The van der Waals surface area contributed by atoms with Gasteiger partial charge in [0.1, 0.15) is 11.5 Å². The molecule has 0 bridgehead atoms. The highest BCUT2D eigenvalue weighted by Gasteiger charge is 2.06. The lowest BCUT2D eigenvalue weighted by Gasteiger charge is -2.13. The third kappa shape index (κ3) is 4.80. The van der Waals surface area contributed by atoms with E-state index in [2.05, 4.69) is 6.92 Å². The molecule has 21 heavy (non-hydrogen) atoms. The number of hydrogen-bond acceptors (Lipinski definition) is 3. The Hall–Kier alpha value is -2.00. The molecule has 0 saturated carbocycles. The predicted octanol–water partition coefficient (Wildman–Crippen LogP) is 4.34. The Morgan fingerprint density at radius 1 is 0.905 bits per heavy atom. The van der Waals surface area contributed by atoms with Crippen molar-refractivity contribution in [3.05, 3.63) is 48.5 Å². The summed E-state index contributed by atoms with van der Waals surface area (Å²) in [5.41, 5.74) is 2.07. The zero-order valence-corrected chi connectivity index (χ0v) is 12.3. The van der Waals surface area contributed by atoms with E-state index in [9.17, 15) is 10.2 Å². The molecule has 3 nitrogen and oxygen atoms in total. The molecule has 0 saturated heterocycles. The number of ether oxygens (including phenoxy) is 1. The Morgan fingerprint density at radius 3 is 2.05 bits per heavy atom. The Kier molecular flexibility index (Phi) is 5.64. The second kappa shape index (κ2) is 7.70. The molecular formula is C18H22O3. The highest BCUT2D eigenvalue weighted by Crippen LogP contribution is 2.24. The standard InChI is InChI=1S/C18H22O3/c1-2-3-4-5-18(20)21-17-12-8-15(9-13-17)14-6-10-16(19)11-7-14/h6-13,18-20H,2-5H2,1H3. The molecule has 0 amide bonds. The maximum atomic E-state index is 9.80. The molecular weight excluding hydrogens is 264 g/mol. The molecule has 0 fully saturated rings. The van der Waals surface area contributed by atoms with Gasteiger partial charge < -0.3 is 14.9 Å². The zero-order valence-electron chi connectivity index (χ0n) is 12.3. The first-order valence-electron chi connectivity index (χ1n) is 7.43. The highest BCUT2D eigenvalue weighted by molar-refractivity contribution is 5.64. The van der Waals surface area contributed by atoms with Gasteiger partial charge in [-0.15, -0.1) is 0 Å². The van der Waals surface area contributed by atoms with Gasteiger partial charge in [-0.05, 0) is 41.8 Å². The third-order valence-electron chi connectivity index (χ3n) is 3.38. The molecule has 0 aliphatic heterocycles. The van der Waals surface area contributed by atoms with Crippen molar-refractivity contribution < 1.29 is 14.9 Å². The van der Waals surface area contributed by atoms with Gasteiger partial charge in [0.15, 0.2) is 6.29 Å². The molecule has 0 aliphatic rings. The van der Waals surface area contributed by atoms with Crippen molar-refractivity contribution in [3.8, 4) is 22.6 Å². The number of unbranched alkanes of at least 4 members (excludes halogenated alkanes) is 2. The fourth-order valence-corrected chi connectivity index (χ4v) is 2.16. The summed E-state index contributed by atoms with van der Waals surface area (Å²) in [5.74, 6) is 0.926. The average Bonchev–Trinajstić information content (AvgIpc) is 2.49. The molecule has 0 radical (unpaired) electrons. The summed E-state index contributed by atoms with van der Waals surface area (Å²) in [6.45, 7) is 2.13. The Bertz CT molecular complexity index is 531. The van der Waals surface area contributed by atoms with Crippen LogP contribution in [0.2, 0.25) is 0 Å². The van der Waals surface area contributed by atoms with Crippen LogP contribution in [0, 0.1) is 0 Å². The normalized spacial score (nSPS) is 12.1. The minimum absolute atomic E-state index is 0.258. The van der Waals surface area contributed by atoms with Gasteiger partial charge in [-0.2, -0.15) is 0 Å². The maximum absolute atomic E-state index is 9.80. The van der Waals surface area contributed by atoms with E-state index in [0.29, 0.717) is 12.2 Å². The first-order chi connectivity index (χ1) is 10.2. The van der Waals surface area contributed by atoms with Crippen molar-refractivity contribution in [1.29, 1.82) is 0 Å². The van der Waals surface area contributed by atoms with Gasteiger partial charge in [0.25, 0.3) is 0 Å². The van der Waals surface area contributed by atoms with E-state index in [0.717, 1.165) is 30.4 Å². The highest BCUT2D eigenvalue weighted by atomic mass is 16.6. The van der Waals surface area contributed by atoms with Crippen LogP contribution in [0.1, 0.15) is 32.6 Å². The van der Waals surface area contributed by atoms with Crippen LogP contribution in [0.5, 0.6) is 11.5 Å². The van der Waals surface area contributed by atoms with Crippen molar-refractivity contribution in [2.75, 3.05) is 0 Å². The number of phenols is 1. The smallest absolute Gasteiger partial charge is 0.197 e. The van der Waals surface area contributed by atoms with Crippen LogP contribution < -0.4 is 4.74 Å². The number of rotatable bonds is 7. The van der Waals surface area contributed by atoms with Crippen LogP contribution in [0.3, 0.4) is 0 Å². The first-order valence-corrected chi connectivity index (χ1v) is 7.43. The molecule has 2 N–H and O–H groups in total. The zero-order chi connectivity index (χ0) is 15.1. The van der Waals surface area contributed by atoms with Crippen molar-refractivity contribution in [2.45, 2.75) is 38.9 Å². The van der Waals surface area contributed by atoms with Gasteiger partial charge in [-0.1, -0.05) is 44.0 Å². The molecule has 0 heterocycles. The van der Waals surface area contributed by atoms with Gasteiger partial charge in [0, 0.05) is 6.42 Å². The average molecular weight is 286 g/mol. The van der Waals surface area contributed by atoms with Gasteiger partial charge >= 0.3 is 0 Å². The Morgan fingerprint density at radius 2 is 1.48 bits per heavy atom. The largest absolute Gasteiger partial charge is 0.508 e. The minimum Gasteiger partial charge on any atom is -0.508 e. The SMILES string of the molecule is CCCCCC(O)Oc1ccc(-c2ccc(O)cc2)cc1. The van der Waals surface area contributed by atoms with Crippen LogP contribution in [0.15, 0.2) is 48.5 Å². The van der Waals surface area contributed by atoms with E-state index in [1.807, 2.05) is 36.4 Å². The lowest BCUT2D eigenvalue weighted by molar-refractivity contribution is -0.0245. The van der Waals surface area contributed by atoms with Crippen LogP contribution in [-0.4, -0.2) is 16.5 Å². The lowest BCUT2D eigenvalue weighted by atomic mass is 10.1.